The fourth-order valence-electron chi connectivity index (χ4n) is 3.87. The van der Waals surface area contributed by atoms with Crippen molar-refractivity contribution in [3.05, 3.63) is 41.6 Å². The number of fused-ring (bicyclic) bond motifs is 1. The number of amides is 1. The van der Waals surface area contributed by atoms with Crippen molar-refractivity contribution in [3.8, 4) is 11.1 Å². The maximum absolute atomic E-state index is 12.8. The van der Waals surface area contributed by atoms with E-state index in [1.807, 2.05) is 47.7 Å². The molecule has 2 heterocycles. The van der Waals surface area contributed by atoms with Crippen LogP contribution in [0, 0.1) is 6.92 Å². The molecule has 0 aliphatic rings. The summed E-state index contributed by atoms with van der Waals surface area (Å²) < 4.78 is 11.4. The number of hydrogen-bond donors (Lipinski definition) is 1. The molecule has 0 bridgehead atoms. The zero-order chi connectivity index (χ0) is 25.4. The number of aromatic amines is 1. The van der Waals surface area contributed by atoms with Gasteiger partial charge in [0.25, 0.3) is 0 Å². The molecule has 0 spiro atoms. The van der Waals surface area contributed by atoms with Gasteiger partial charge in [-0.3, -0.25) is 4.90 Å². The van der Waals surface area contributed by atoms with Crippen molar-refractivity contribution < 1.29 is 14.3 Å². The van der Waals surface area contributed by atoms with E-state index < -0.39 is 13.7 Å². The van der Waals surface area contributed by atoms with Crippen LogP contribution in [0.25, 0.3) is 22.2 Å². The molecule has 1 aromatic carbocycles. The minimum absolute atomic E-state index is 0.155. The quantitative estimate of drug-likeness (QED) is 0.415. The molecule has 0 fully saturated rings. The first-order valence-corrected chi connectivity index (χ1v) is 15.4. The van der Waals surface area contributed by atoms with E-state index in [1.165, 1.54) is 5.32 Å². The van der Waals surface area contributed by atoms with Crippen molar-refractivity contribution in [3.63, 3.8) is 0 Å². The van der Waals surface area contributed by atoms with Crippen LogP contribution in [0.2, 0.25) is 19.6 Å². The minimum Gasteiger partial charge on any atom is -0.443 e. The van der Waals surface area contributed by atoms with E-state index in [2.05, 4.69) is 48.9 Å². The highest BCUT2D eigenvalue weighted by Crippen LogP contribution is 2.33. The van der Waals surface area contributed by atoms with E-state index >= 15 is 0 Å². The number of carbonyl (C=O) groups excluding carboxylic acids is 1. The topological polar surface area (TPSA) is 67.5 Å². The van der Waals surface area contributed by atoms with Gasteiger partial charge >= 0.3 is 6.09 Å². The third kappa shape index (κ3) is 5.88. The van der Waals surface area contributed by atoms with Crippen molar-refractivity contribution >= 4 is 36.2 Å². The second-order valence-electron chi connectivity index (χ2n) is 11.3. The Morgan fingerprint density at radius 3 is 2.44 bits per heavy atom. The molecule has 0 aliphatic carbocycles. The van der Waals surface area contributed by atoms with Crippen LogP contribution in [0.5, 0.6) is 0 Å². The Morgan fingerprint density at radius 2 is 1.85 bits per heavy atom. The molecule has 0 saturated carbocycles. The number of aryl methyl sites for hydroxylation is 1. The van der Waals surface area contributed by atoms with Crippen molar-refractivity contribution in [2.45, 2.75) is 79.5 Å². The number of anilines is 1. The number of ether oxygens (including phenoxy) is 2. The van der Waals surface area contributed by atoms with Crippen molar-refractivity contribution in [1.82, 2.24) is 9.97 Å². The highest BCUT2D eigenvalue weighted by Gasteiger charge is 2.27. The number of rotatable bonds is 6. The first kappa shape index (κ1) is 26.0. The standard InChI is InChI=1S/C27H39N3O3Si/c1-17(2)32-16-19-13-21-23(25(34(8,9)10)29-24(21)28-15-19)20-12-11-18(3)22(14-20)30(7)26(31)33-27(4,5)6/h11-15,17H,16H2,1-10H3,(H,28,29). The van der Waals surface area contributed by atoms with Crippen LogP contribution >= 0.6 is 0 Å². The largest absolute Gasteiger partial charge is 0.443 e. The van der Waals surface area contributed by atoms with Gasteiger partial charge in [-0.15, -0.1) is 0 Å². The van der Waals surface area contributed by atoms with Gasteiger partial charge in [-0.25, -0.2) is 9.78 Å². The Bertz CT molecular complexity index is 1190. The van der Waals surface area contributed by atoms with E-state index in [-0.39, 0.29) is 12.2 Å². The highest BCUT2D eigenvalue weighted by molar-refractivity contribution is 6.89. The lowest BCUT2D eigenvalue weighted by Crippen LogP contribution is -2.40. The zero-order valence-corrected chi connectivity index (χ0v) is 23.3. The number of benzene rings is 1. The molecule has 0 unspecified atom stereocenters. The summed E-state index contributed by atoms with van der Waals surface area (Å²) in [7, 11) is 0.0204. The predicted octanol–water partition coefficient (Wildman–Crippen LogP) is 6.38. The molecule has 6 nitrogen and oxygen atoms in total. The van der Waals surface area contributed by atoms with Gasteiger partial charge in [0.05, 0.1) is 26.5 Å². The SMILES string of the molecule is Cc1ccc(-c2c([Si](C)(C)C)[nH]c3ncc(COC(C)C)cc23)cc1N(C)C(=O)OC(C)(C)C. The Morgan fingerprint density at radius 1 is 1.18 bits per heavy atom. The number of aromatic nitrogens is 2. The number of nitrogens with one attached hydrogen (secondary N) is 1. The van der Waals surface area contributed by atoms with E-state index in [1.54, 1.807) is 11.9 Å². The lowest BCUT2D eigenvalue weighted by atomic mass is 10.0. The van der Waals surface area contributed by atoms with Crippen molar-refractivity contribution in [2.24, 2.45) is 0 Å². The van der Waals surface area contributed by atoms with Crippen LogP contribution in [0.15, 0.2) is 30.5 Å². The highest BCUT2D eigenvalue weighted by atomic mass is 28.3. The van der Waals surface area contributed by atoms with Gasteiger partial charge in [0.15, 0.2) is 0 Å². The van der Waals surface area contributed by atoms with Crippen LogP contribution in [0.3, 0.4) is 0 Å². The summed E-state index contributed by atoms with van der Waals surface area (Å²) in [6.07, 6.45) is 1.67. The summed E-state index contributed by atoms with van der Waals surface area (Å²) >= 11 is 0. The second kappa shape index (κ2) is 9.54. The van der Waals surface area contributed by atoms with Crippen molar-refractivity contribution in [2.75, 3.05) is 11.9 Å². The smallest absolute Gasteiger partial charge is 0.414 e. The zero-order valence-electron chi connectivity index (χ0n) is 22.3. The van der Waals surface area contributed by atoms with Crippen LogP contribution < -0.4 is 10.2 Å². The Balaban J connectivity index is 2.15. The Hall–Kier alpha value is -2.64. The third-order valence-electron chi connectivity index (χ3n) is 5.57. The van der Waals surface area contributed by atoms with Gasteiger partial charge < -0.3 is 14.5 Å². The second-order valence-corrected chi connectivity index (χ2v) is 16.3. The minimum atomic E-state index is -1.74. The molecule has 34 heavy (non-hydrogen) atoms. The molecule has 3 aromatic rings. The molecule has 184 valence electrons. The normalized spacial score (nSPS) is 12.4. The third-order valence-corrected chi connectivity index (χ3v) is 7.44. The van der Waals surface area contributed by atoms with Crippen molar-refractivity contribution in [1.29, 1.82) is 0 Å². The molecule has 0 saturated heterocycles. The molecular formula is C27H39N3O3Si. The van der Waals surface area contributed by atoms with E-state index in [0.717, 1.165) is 39.0 Å². The fourth-order valence-corrected chi connectivity index (χ4v) is 5.40. The lowest BCUT2D eigenvalue weighted by molar-refractivity contribution is 0.0589. The number of H-pyrrole nitrogens is 1. The van der Waals surface area contributed by atoms with E-state index in [0.29, 0.717) is 6.61 Å². The molecule has 1 amide bonds. The molecule has 0 atom stereocenters. The predicted molar refractivity (Wildman–Crippen MR) is 144 cm³/mol. The van der Waals surface area contributed by atoms with Crippen LogP contribution in [0.1, 0.15) is 45.7 Å². The number of carbonyl (C=O) groups is 1. The first-order chi connectivity index (χ1) is 15.7. The summed E-state index contributed by atoms with van der Waals surface area (Å²) in [4.78, 5) is 22.7. The molecule has 7 heteroatoms. The average molecular weight is 482 g/mol. The van der Waals surface area contributed by atoms with Crippen LogP contribution in [-0.2, 0) is 16.1 Å². The average Bonchev–Trinajstić information content (AvgIpc) is 3.10. The molecular weight excluding hydrogens is 442 g/mol. The fraction of sp³-hybridized carbons (Fsp3) is 0.481. The summed E-state index contributed by atoms with van der Waals surface area (Å²) in [5.74, 6) is 0. The molecule has 3 rings (SSSR count). The van der Waals surface area contributed by atoms with Crippen LogP contribution in [-0.4, -0.2) is 42.9 Å². The summed E-state index contributed by atoms with van der Waals surface area (Å²) in [6.45, 7) is 19.2. The number of pyridine rings is 1. The number of nitrogens with zero attached hydrogens (tertiary/aromatic N) is 2. The van der Waals surface area contributed by atoms with Gasteiger partial charge in [-0.2, -0.15) is 0 Å². The van der Waals surface area contributed by atoms with E-state index in [4.69, 9.17) is 14.5 Å². The molecule has 0 radical (unpaired) electrons. The Labute approximate surface area is 204 Å². The molecule has 2 aromatic heterocycles. The summed E-state index contributed by atoms with van der Waals surface area (Å²) in [6, 6.07) is 8.46. The molecule has 0 aliphatic heterocycles. The van der Waals surface area contributed by atoms with Crippen LogP contribution in [0.4, 0.5) is 10.5 Å². The van der Waals surface area contributed by atoms with Gasteiger partial charge in [0, 0.05) is 29.5 Å². The van der Waals surface area contributed by atoms with Gasteiger partial charge in [-0.05, 0) is 70.4 Å². The monoisotopic (exact) mass is 481 g/mol. The molecule has 1 N–H and O–H groups in total. The first-order valence-electron chi connectivity index (χ1n) is 11.9. The van der Waals surface area contributed by atoms with E-state index in [9.17, 15) is 4.79 Å². The maximum atomic E-state index is 12.8. The van der Waals surface area contributed by atoms with Gasteiger partial charge in [0.1, 0.15) is 11.2 Å². The Kier molecular flexibility index (Phi) is 7.29. The van der Waals surface area contributed by atoms with Gasteiger partial charge in [0.2, 0.25) is 0 Å². The summed E-state index contributed by atoms with van der Waals surface area (Å²) in [5, 5.41) is 2.32. The van der Waals surface area contributed by atoms with Gasteiger partial charge in [-0.1, -0.05) is 31.8 Å². The lowest BCUT2D eigenvalue weighted by Gasteiger charge is -2.26. The summed E-state index contributed by atoms with van der Waals surface area (Å²) in [5.41, 5.74) is 5.42. The maximum Gasteiger partial charge on any atom is 0.414 e. The number of hydrogen-bond acceptors (Lipinski definition) is 4.